The van der Waals surface area contributed by atoms with Gasteiger partial charge in [-0.05, 0) is 44.0 Å². The van der Waals surface area contributed by atoms with Crippen molar-refractivity contribution in [1.29, 1.82) is 0 Å². The number of aryl methyl sites for hydroxylation is 2. The van der Waals surface area contributed by atoms with Gasteiger partial charge in [0.1, 0.15) is 5.71 Å². The average molecular weight is 371 g/mol. The van der Waals surface area contributed by atoms with Gasteiger partial charge in [-0.1, -0.05) is 6.07 Å². The van der Waals surface area contributed by atoms with Crippen molar-refractivity contribution < 1.29 is 23.9 Å². The molecule has 2 aliphatic heterocycles. The Morgan fingerprint density at radius 3 is 2.33 bits per heavy atom. The quantitative estimate of drug-likeness (QED) is 0.592. The Bertz CT molecular complexity index is 871. The van der Waals surface area contributed by atoms with Crippen molar-refractivity contribution in [1.82, 2.24) is 5.01 Å². The molecular formula is C19H21N3O5. The van der Waals surface area contributed by atoms with E-state index in [0.717, 1.165) is 21.0 Å². The first-order valence-corrected chi connectivity index (χ1v) is 8.70. The first-order chi connectivity index (χ1) is 12.7. The maximum absolute atomic E-state index is 13.3. The van der Waals surface area contributed by atoms with E-state index in [1.807, 2.05) is 19.9 Å². The van der Waals surface area contributed by atoms with Crippen molar-refractivity contribution >= 4 is 35.1 Å². The molecule has 27 heavy (non-hydrogen) atoms. The molecule has 3 amide bonds. The first kappa shape index (κ1) is 18.8. The van der Waals surface area contributed by atoms with E-state index in [1.165, 1.54) is 6.92 Å². The number of carbonyl (C=O) groups excluding carboxylic acids is 4. The Morgan fingerprint density at radius 2 is 1.78 bits per heavy atom. The smallest absolute Gasteiger partial charge is 0.354 e. The van der Waals surface area contributed by atoms with Crippen molar-refractivity contribution in [2.45, 2.75) is 46.1 Å². The molecule has 0 unspecified atom stereocenters. The molecule has 2 heterocycles. The second kappa shape index (κ2) is 6.61. The molecule has 2 aliphatic rings. The number of amides is 3. The molecular weight excluding hydrogens is 350 g/mol. The van der Waals surface area contributed by atoms with Crippen molar-refractivity contribution in [2.24, 2.45) is 5.10 Å². The molecule has 142 valence electrons. The van der Waals surface area contributed by atoms with Gasteiger partial charge in [-0.15, -0.1) is 0 Å². The molecule has 8 heteroatoms. The van der Waals surface area contributed by atoms with E-state index in [2.05, 4.69) is 5.10 Å². The van der Waals surface area contributed by atoms with Crippen LogP contribution in [0.2, 0.25) is 0 Å². The van der Waals surface area contributed by atoms with Crippen LogP contribution < -0.4 is 4.90 Å². The summed E-state index contributed by atoms with van der Waals surface area (Å²) in [5.41, 5.74) is 0.723. The highest BCUT2D eigenvalue weighted by atomic mass is 16.5. The molecule has 1 spiro atoms. The zero-order chi connectivity index (χ0) is 19.9. The fourth-order valence-corrected chi connectivity index (χ4v) is 3.67. The predicted molar refractivity (Wildman–Crippen MR) is 97.0 cm³/mol. The molecule has 0 saturated carbocycles. The summed E-state index contributed by atoms with van der Waals surface area (Å²) in [4.78, 5) is 51.3. The van der Waals surface area contributed by atoms with Gasteiger partial charge in [-0.3, -0.25) is 14.4 Å². The van der Waals surface area contributed by atoms with Crippen LogP contribution in [-0.2, 0) is 23.9 Å². The standard InChI is InChI=1S/C19H21N3O5/c1-5-27-17(25)15-9-19(22(20-15)13(4)23)10-16(24)21(18(19)26)14-7-11(2)6-12(3)8-14/h6-8H,5,9-10H2,1-4H3/t19-/m1/s1. The van der Waals surface area contributed by atoms with Crippen LogP contribution in [0.25, 0.3) is 0 Å². The van der Waals surface area contributed by atoms with Crippen molar-refractivity contribution in [3.8, 4) is 0 Å². The number of anilines is 1. The van der Waals surface area contributed by atoms with E-state index in [9.17, 15) is 19.2 Å². The lowest BCUT2D eigenvalue weighted by atomic mass is 9.91. The number of nitrogens with zero attached hydrogens (tertiary/aromatic N) is 3. The summed E-state index contributed by atoms with van der Waals surface area (Å²) in [6, 6.07) is 5.41. The normalized spacial score (nSPS) is 21.9. The SMILES string of the molecule is CCOC(=O)C1=NN(C(C)=O)[C@@]2(CC(=O)N(c3cc(C)cc(C)c3)C2=O)C1. The lowest BCUT2D eigenvalue weighted by Crippen LogP contribution is -2.51. The van der Waals surface area contributed by atoms with Gasteiger partial charge in [0.05, 0.1) is 18.7 Å². The second-order valence-electron chi connectivity index (χ2n) is 6.86. The van der Waals surface area contributed by atoms with Crippen LogP contribution in [0.3, 0.4) is 0 Å². The summed E-state index contributed by atoms with van der Waals surface area (Å²) in [7, 11) is 0. The zero-order valence-corrected chi connectivity index (χ0v) is 15.7. The van der Waals surface area contributed by atoms with Gasteiger partial charge < -0.3 is 4.74 Å². The summed E-state index contributed by atoms with van der Waals surface area (Å²) in [5.74, 6) is -2.20. The number of imide groups is 1. The van der Waals surface area contributed by atoms with Gasteiger partial charge >= 0.3 is 5.97 Å². The summed E-state index contributed by atoms with van der Waals surface area (Å²) in [6.45, 7) is 6.79. The lowest BCUT2D eigenvalue weighted by molar-refractivity contribution is -0.141. The van der Waals surface area contributed by atoms with Crippen LogP contribution in [-0.4, -0.2) is 46.6 Å². The van der Waals surface area contributed by atoms with E-state index in [0.29, 0.717) is 5.69 Å². The Hall–Kier alpha value is -3.03. The summed E-state index contributed by atoms with van der Waals surface area (Å²) < 4.78 is 4.94. The predicted octanol–water partition coefficient (Wildman–Crippen LogP) is 1.48. The van der Waals surface area contributed by atoms with Gasteiger partial charge in [-0.25, -0.2) is 14.7 Å². The fraction of sp³-hybridized carbons (Fsp3) is 0.421. The number of esters is 1. The van der Waals surface area contributed by atoms with Gasteiger partial charge in [-0.2, -0.15) is 5.10 Å². The average Bonchev–Trinajstić information content (AvgIpc) is 3.06. The molecule has 0 N–H and O–H groups in total. The minimum atomic E-state index is -1.51. The van der Waals surface area contributed by atoms with Crippen LogP contribution in [0.5, 0.6) is 0 Å². The summed E-state index contributed by atoms with van der Waals surface area (Å²) >= 11 is 0. The highest BCUT2D eigenvalue weighted by molar-refractivity contribution is 6.39. The third kappa shape index (κ3) is 3.01. The number of carbonyl (C=O) groups is 4. The molecule has 1 atom stereocenters. The molecule has 0 bridgehead atoms. The Morgan fingerprint density at radius 1 is 1.15 bits per heavy atom. The fourth-order valence-electron chi connectivity index (χ4n) is 3.67. The van der Waals surface area contributed by atoms with Crippen molar-refractivity contribution in [3.63, 3.8) is 0 Å². The summed E-state index contributed by atoms with van der Waals surface area (Å²) in [6.07, 6.45) is -0.373. The van der Waals surface area contributed by atoms with E-state index < -0.39 is 29.2 Å². The maximum Gasteiger partial charge on any atom is 0.354 e. The Kier molecular flexibility index (Phi) is 4.59. The van der Waals surface area contributed by atoms with E-state index in [4.69, 9.17) is 4.74 Å². The van der Waals surface area contributed by atoms with Crippen LogP contribution in [0, 0.1) is 13.8 Å². The van der Waals surface area contributed by atoms with Crippen LogP contribution in [0.1, 0.15) is 37.8 Å². The van der Waals surface area contributed by atoms with Gasteiger partial charge in [0.15, 0.2) is 5.54 Å². The largest absolute Gasteiger partial charge is 0.461 e. The Labute approximate surface area is 156 Å². The molecule has 0 radical (unpaired) electrons. The second-order valence-corrected chi connectivity index (χ2v) is 6.86. The highest BCUT2D eigenvalue weighted by Crippen LogP contribution is 2.41. The minimum absolute atomic E-state index is 0.0320. The molecule has 1 aromatic rings. The zero-order valence-electron chi connectivity index (χ0n) is 15.7. The van der Waals surface area contributed by atoms with Crippen LogP contribution in [0.4, 0.5) is 5.69 Å². The van der Waals surface area contributed by atoms with Crippen molar-refractivity contribution in [2.75, 3.05) is 11.5 Å². The Balaban J connectivity index is 2.01. The molecule has 1 aromatic carbocycles. The minimum Gasteiger partial charge on any atom is -0.461 e. The molecule has 3 rings (SSSR count). The monoisotopic (exact) mass is 371 g/mol. The van der Waals surface area contributed by atoms with E-state index in [1.54, 1.807) is 19.1 Å². The van der Waals surface area contributed by atoms with Gasteiger partial charge in [0.25, 0.3) is 5.91 Å². The number of hydrogen-bond donors (Lipinski definition) is 0. The number of ether oxygens (including phenoxy) is 1. The third-order valence-corrected chi connectivity index (χ3v) is 4.65. The molecule has 8 nitrogen and oxygen atoms in total. The molecule has 1 saturated heterocycles. The summed E-state index contributed by atoms with van der Waals surface area (Å²) in [5, 5.41) is 4.98. The first-order valence-electron chi connectivity index (χ1n) is 8.70. The van der Waals surface area contributed by atoms with E-state index >= 15 is 0 Å². The van der Waals surface area contributed by atoms with Crippen LogP contribution >= 0.6 is 0 Å². The highest BCUT2D eigenvalue weighted by Gasteiger charge is 2.61. The van der Waals surface area contributed by atoms with E-state index in [-0.39, 0.29) is 25.2 Å². The molecule has 0 aromatic heterocycles. The number of benzene rings is 1. The topological polar surface area (TPSA) is 96.3 Å². The van der Waals surface area contributed by atoms with Gasteiger partial charge in [0.2, 0.25) is 11.8 Å². The molecule has 0 aliphatic carbocycles. The number of rotatable bonds is 3. The number of hydrogen-bond acceptors (Lipinski definition) is 6. The maximum atomic E-state index is 13.3. The molecule has 1 fully saturated rings. The van der Waals surface area contributed by atoms with Crippen LogP contribution in [0.15, 0.2) is 23.3 Å². The van der Waals surface area contributed by atoms with Gasteiger partial charge in [0, 0.05) is 13.3 Å². The number of hydrazone groups is 1. The third-order valence-electron chi connectivity index (χ3n) is 4.65. The lowest BCUT2D eigenvalue weighted by Gasteiger charge is -2.29. The van der Waals surface area contributed by atoms with Crippen molar-refractivity contribution in [3.05, 3.63) is 29.3 Å².